The fourth-order valence-corrected chi connectivity index (χ4v) is 2.04. The van der Waals surface area contributed by atoms with Crippen molar-refractivity contribution in [2.45, 2.75) is 12.9 Å². The summed E-state index contributed by atoms with van der Waals surface area (Å²) in [7, 11) is 0. The van der Waals surface area contributed by atoms with Gasteiger partial charge < -0.3 is 9.64 Å². The molecule has 116 valence electrons. The van der Waals surface area contributed by atoms with Gasteiger partial charge in [0.2, 0.25) is 6.41 Å². The molecule has 0 fully saturated rings. The lowest BCUT2D eigenvalue weighted by atomic mass is 10.2. The molecule has 0 radical (unpaired) electrons. The predicted octanol–water partition coefficient (Wildman–Crippen LogP) is 3.80. The van der Waals surface area contributed by atoms with E-state index in [0.717, 1.165) is 0 Å². The number of hydrogen-bond acceptors (Lipinski definition) is 3. The second kappa shape index (κ2) is 6.65. The molecule has 2 rings (SSSR count). The molecule has 0 unspecified atom stereocenters. The van der Waals surface area contributed by atoms with Gasteiger partial charge in [0.15, 0.2) is 5.15 Å². The lowest BCUT2D eigenvalue weighted by Crippen LogP contribution is -2.21. The van der Waals surface area contributed by atoms with Crippen LogP contribution in [0, 0.1) is 0 Å². The molecular weight excluding hydrogens is 321 g/mol. The van der Waals surface area contributed by atoms with E-state index in [9.17, 15) is 18.0 Å². The van der Waals surface area contributed by atoms with Crippen LogP contribution in [0.5, 0.6) is 5.75 Å². The van der Waals surface area contributed by atoms with Gasteiger partial charge in [0, 0.05) is 6.20 Å². The molecule has 0 aliphatic rings. The van der Waals surface area contributed by atoms with Crippen LogP contribution in [0.4, 0.5) is 18.9 Å². The number of anilines is 1. The number of hydrogen-bond donors (Lipinski definition) is 0. The Balaban J connectivity index is 2.20. The highest BCUT2D eigenvalue weighted by molar-refractivity contribution is 6.32. The number of rotatable bonds is 5. The minimum atomic E-state index is -4.77. The molecule has 1 aromatic heterocycles. The first-order chi connectivity index (χ1) is 10.4. The summed E-state index contributed by atoms with van der Waals surface area (Å²) < 4.78 is 40.5. The summed E-state index contributed by atoms with van der Waals surface area (Å²) in [6, 6.07) is 8.54. The molecule has 0 aliphatic carbocycles. The summed E-state index contributed by atoms with van der Waals surface area (Å²) in [4.78, 5) is 16.3. The molecule has 0 saturated heterocycles. The van der Waals surface area contributed by atoms with Crippen molar-refractivity contribution in [3.8, 4) is 5.75 Å². The van der Waals surface area contributed by atoms with Crippen molar-refractivity contribution < 1.29 is 22.7 Å². The average Bonchev–Trinajstić information content (AvgIpc) is 2.44. The van der Waals surface area contributed by atoms with Gasteiger partial charge in [-0.3, -0.25) is 4.79 Å². The van der Waals surface area contributed by atoms with Gasteiger partial charge in [-0.25, -0.2) is 4.98 Å². The first-order valence-corrected chi connectivity index (χ1v) is 6.44. The first-order valence-electron chi connectivity index (χ1n) is 6.06. The normalized spacial score (nSPS) is 11.1. The zero-order chi connectivity index (χ0) is 16.2. The second-order valence-corrected chi connectivity index (χ2v) is 4.60. The van der Waals surface area contributed by atoms with Gasteiger partial charge in [-0.15, -0.1) is 13.2 Å². The molecule has 2 aromatic rings. The summed E-state index contributed by atoms with van der Waals surface area (Å²) in [6.45, 7) is 0.0317. The Labute approximate surface area is 129 Å². The highest BCUT2D eigenvalue weighted by atomic mass is 35.5. The zero-order valence-electron chi connectivity index (χ0n) is 11.0. The molecule has 8 heteroatoms. The molecule has 22 heavy (non-hydrogen) atoms. The van der Waals surface area contributed by atoms with Gasteiger partial charge in [-0.2, -0.15) is 0 Å². The van der Waals surface area contributed by atoms with E-state index in [-0.39, 0.29) is 17.4 Å². The van der Waals surface area contributed by atoms with E-state index >= 15 is 0 Å². The van der Waals surface area contributed by atoms with E-state index in [1.807, 2.05) is 0 Å². The van der Waals surface area contributed by atoms with Crippen molar-refractivity contribution in [2.75, 3.05) is 4.90 Å². The Bertz CT molecular complexity index is 665. The smallest absolute Gasteiger partial charge is 0.406 e. The SMILES string of the molecule is O=CN(Cc1cccc(OC(F)(F)F)c1)c1cccnc1Cl. The number of carbonyl (C=O) groups excluding carboxylic acids is 1. The van der Waals surface area contributed by atoms with Crippen molar-refractivity contribution in [1.29, 1.82) is 0 Å². The number of ether oxygens (including phenoxy) is 1. The highest BCUT2D eigenvalue weighted by Crippen LogP contribution is 2.26. The number of halogens is 4. The summed E-state index contributed by atoms with van der Waals surface area (Å²) in [5.74, 6) is -0.354. The largest absolute Gasteiger partial charge is 0.573 e. The quantitative estimate of drug-likeness (QED) is 0.618. The summed E-state index contributed by atoms with van der Waals surface area (Å²) in [5.41, 5.74) is 0.815. The number of nitrogens with zero attached hydrogens (tertiary/aromatic N) is 2. The number of alkyl halides is 3. The fraction of sp³-hybridized carbons (Fsp3) is 0.143. The van der Waals surface area contributed by atoms with Crippen LogP contribution in [0.3, 0.4) is 0 Å². The monoisotopic (exact) mass is 330 g/mol. The number of benzene rings is 1. The number of amides is 1. The topological polar surface area (TPSA) is 42.4 Å². The highest BCUT2D eigenvalue weighted by Gasteiger charge is 2.31. The Morgan fingerprint density at radius 2 is 2.05 bits per heavy atom. The van der Waals surface area contributed by atoms with Crippen molar-refractivity contribution in [1.82, 2.24) is 4.98 Å². The van der Waals surface area contributed by atoms with Crippen molar-refractivity contribution >= 4 is 23.7 Å². The van der Waals surface area contributed by atoms with Crippen LogP contribution in [0.15, 0.2) is 42.6 Å². The number of aromatic nitrogens is 1. The van der Waals surface area contributed by atoms with Crippen LogP contribution < -0.4 is 9.64 Å². The lowest BCUT2D eigenvalue weighted by molar-refractivity contribution is -0.274. The van der Waals surface area contributed by atoms with Gasteiger partial charge in [0.1, 0.15) is 5.75 Å². The Kier molecular flexibility index (Phi) is 4.87. The molecule has 1 aromatic carbocycles. The molecule has 0 spiro atoms. The number of carbonyl (C=O) groups is 1. The first kappa shape index (κ1) is 16.1. The molecule has 0 atom stereocenters. The van der Waals surface area contributed by atoms with Gasteiger partial charge in [-0.05, 0) is 29.8 Å². The van der Waals surface area contributed by atoms with Crippen molar-refractivity contribution in [2.24, 2.45) is 0 Å². The van der Waals surface area contributed by atoms with E-state index < -0.39 is 6.36 Å². The van der Waals surface area contributed by atoms with E-state index in [0.29, 0.717) is 17.7 Å². The van der Waals surface area contributed by atoms with E-state index in [1.165, 1.54) is 29.3 Å². The number of pyridine rings is 1. The van der Waals surface area contributed by atoms with Gasteiger partial charge in [0.05, 0.1) is 12.2 Å². The molecule has 1 heterocycles. The second-order valence-electron chi connectivity index (χ2n) is 4.24. The predicted molar refractivity (Wildman–Crippen MR) is 74.6 cm³/mol. The summed E-state index contributed by atoms with van der Waals surface area (Å²) in [5, 5.41) is 0.122. The zero-order valence-corrected chi connectivity index (χ0v) is 11.8. The molecule has 0 N–H and O–H groups in total. The Morgan fingerprint density at radius 1 is 1.27 bits per heavy atom. The Hall–Kier alpha value is -2.28. The van der Waals surface area contributed by atoms with Crippen LogP contribution in [-0.4, -0.2) is 17.8 Å². The average molecular weight is 331 g/mol. The van der Waals surface area contributed by atoms with Crippen LogP contribution >= 0.6 is 11.6 Å². The third kappa shape index (κ3) is 4.36. The fourth-order valence-electron chi connectivity index (χ4n) is 1.81. The van der Waals surface area contributed by atoms with E-state index in [1.54, 1.807) is 18.2 Å². The molecule has 1 amide bonds. The maximum atomic E-state index is 12.2. The maximum absolute atomic E-state index is 12.2. The third-order valence-corrected chi connectivity index (χ3v) is 2.95. The third-order valence-electron chi connectivity index (χ3n) is 2.66. The lowest BCUT2D eigenvalue weighted by Gasteiger charge is -2.18. The van der Waals surface area contributed by atoms with Gasteiger partial charge in [-0.1, -0.05) is 23.7 Å². The maximum Gasteiger partial charge on any atom is 0.573 e. The standard InChI is InChI=1S/C14H10ClF3N2O2/c15-13-12(5-2-6-19-13)20(9-21)8-10-3-1-4-11(7-10)22-14(16,17)18/h1-7,9H,8H2. The molecule has 4 nitrogen and oxygen atoms in total. The summed E-state index contributed by atoms with van der Waals surface area (Å²) in [6.07, 6.45) is -2.78. The molecular formula is C14H10ClF3N2O2. The van der Waals surface area contributed by atoms with Crippen LogP contribution in [0.25, 0.3) is 0 Å². The Morgan fingerprint density at radius 3 is 2.68 bits per heavy atom. The van der Waals surface area contributed by atoms with Gasteiger partial charge in [0.25, 0.3) is 0 Å². The van der Waals surface area contributed by atoms with Crippen molar-refractivity contribution in [3.05, 3.63) is 53.3 Å². The summed E-state index contributed by atoms with van der Waals surface area (Å²) >= 11 is 5.90. The van der Waals surface area contributed by atoms with Crippen LogP contribution in [-0.2, 0) is 11.3 Å². The molecule has 0 bridgehead atoms. The van der Waals surface area contributed by atoms with Crippen LogP contribution in [0.2, 0.25) is 5.15 Å². The molecule has 0 aliphatic heterocycles. The van der Waals surface area contributed by atoms with Gasteiger partial charge >= 0.3 is 6.36 Å². The molecule has 0 saturated carbocycles. The minimum Gasteiger partial charge on any atom is -0.406 e. The minimum absolute atomic E-state index is 0.0317. The van der Waals surface area contributed by atoms with Crippen LogP contribution in [0.1, 0.15) is 5.56 Å². The van der Waals surface area contributed by atoms with E-state index in [2.05, 4.69) is 9.72 Å². The van der Waals surface area contributed by atoms with E-state index in [4.69, 9.17) is 11.6 Å². The van der Waals surface area contributed by atoms with Crippen molar-refractivity contribution in [3.63, 3.8) is 0 Å².